The fourth-order valence-electron chi connectivity index (χ4n) is 3.20. The molecule has 0 saturated carbocycles. The first kappa shape index (κ1) is 14.7. The van der Waals surface area contributed by atoms with E-state index < -0.39 is 0 Å². The van der Waals surface area contributed by atoms with Crippen molar-refractivity contribution in [2.24, 2.45) is 0 Å². The Labute approximate surface area is 135 Å². The highest BCUT2D eigenvalue weighted by Gasteiger charge is 2.23. The predicted octanol–water partition coefficient (Wildman–Crippen LogP) is 2.39. The fraction of sp³-hybridized carbons (Fsp3) is 0.529. The largest absolute Gasteiger partial charge is 0.381 e. The molecular weight excluding hydrogens is 294 g/mol. The third-order valence-electron chi connectivity index (χ3n) is 4.53. The molecule has 0 radical (unpaired) electrons. The minimum Gasteiger partial charge on any atom is -0.381 e. The molecule has 2 saturated heterocycles. The van der Waals surface area contributed by atoms with E-state index in [-0.39, 0.29) is 5.92 Å². The Balaban J connectivity index is 1.56. The average Bonchev–Trinajstić information content (AvgIpc) is 3.27. The van der Waals surface area contributed by atoms with Crippen molar-refractivity contribution in [2.45, 2.75) is 19.3 Å². The number of rotatable bonds is 3. The molecule has 122 valence electrons. The van der Waals surface area contributed by atoms with Crippen LogP contribution in [0.1, 0.15) is 23.7 Å². The van der Waals surface area contributed by atoms with Crippen LogP contribution in [0.15, 0.2) is 22.7 Å². The molecule has 0 bridgehead atoms. The van der Waals surface area contributed by atoms with Crippen LogP contribution >= 0.6 is 0 Å². The molecule has 0 spiro atoms. The second-order valence-electron chi connectivity index (χ2n) is 6.12. The van der Waals surface area contributed by atoms with Gasteiger partial charge in [-0.15, -0.1) is 0 Å². The van der Waals surface area contributed by atoms with Crippen LogP contribution in [0.4, 0.5) is 5.69 Å². The molecule has 1 aromatic carbocycles. The zero-order valence-electron chi connectivity index (χ0n) is 13.3. The summed E-state index contributed by atoms with van der Waals surface area (Å²) in [6.07, 6.45) is 0.966. The number of aromatic nitrogens is 2. The summed E-state index contributed by atoms with van der Waals surface area (Å²) in [5, 5.41) is 4.12. The first-order valence-electron chi connectivity index (χ1n) is 8.16. The number of anilines is 1. The van der Waals surface area contributed by atoms with Gasteiger partial charge in [0, 0.05) is 36.9 Å². The molecule has 0 unspecified atom stereocenters. The summed E-state index contributed by atoms with van der Waals surface area (Å²) < 4.78 is 16.3. The van der Waals surface area contributed by atoms with Gasteiger partial charge in [-0.05, 0) is 37.1 Å². The molecule has 23 heavy (non-hydrogen) atoms. The van der Waals surface area contributed by atoms with Gasteiger partial charge in [-0.25, -0.2) is 0 Å². The molecular formula is C17H21N3O3. The summed E-state index contributed by atoms with van der Waals surface area (Å²) in [6, 6.07) is 6.31. The minimum atomic E-state index is 0.265. The number of hydrogen-bond donors (Lipinski definition) is 0. The van der Waals surface area contributed by atoms with Gasteiger partial charge in [-0.3, -0.25) is 0 Å². The molecule has 3 heterocycles. The van der Waals surface area contributed by atoms with Crippen molar-refractivity contribution in [1.29, 1.82) is 0 Å². The molecule has 4 rings (SSSR count). The van der Waals surface area contributed by atoms with Gasteiger partial charge >= 0.3 is 0 Å². The summed E-state index contributed by atoms with van der Waals surface area (Å²) in [4.78, 5) is 6.91. The van der Waals surface area contributed by atoms with E-state index in [4.69, 9.17) is 14.0 Å². The lowest BCUT2D eigenvalue weighted by Crippen LogP contribution is -2.36. The zero-order valence-corrected chi connectivity index (χ0v) is 13.3. The van der Waals surface area contributed by atoms with E-state index in [2.05, 4.69) is 40.2 Å². The molecule has 6 heteroatoms. The van der Waals surface area contributed by atoms with Crippen molar-refractivity contribution in [2.75, 3.05) is 44.4 Å². The molecule has 2 aliphatic heterocycles. The number of aryl methyl sites for hydroxylation is 1. The van der Waals surface area contributed by atoms with Crippen LogP contribution in [0, 0.1) is 6.92 Å². The van der Waals surface area contributed by atoms with Crippen molar-refractivity contribution in [3.8, 4) is 11.5 Å². The maximum Gasteiger partial charge on any atom is 0.257 e. The van der Waals surface area contributed by atoms with E-state index in [1.807, 2.05) is 0 Å². The lowest BCUT2D eigenvalue weighted by Gasteiger charge is -2.30. The van der Waals surface area contributed by atoms with E-state index in [9.17, 15) is 0 Å². The quantitative estimate of drug-likeness (QED) is 0.867. The van der Waals surface area contributed by atoms with Crippen LogP contribution in [0.25, 0.3) is 11.5 Å². The second kappa shape index (κ2) is 6.29. The van der Waals surface area contributed by atoms with E-state index in [0.29, 0.717) is 12.5 Å². The van der Waals surface area contributed by atoms with Gasteiger partial charge in [0.25, 0.3) is 5.89 Å². The summed E-state index contributed by atoms with van der Waals surface area (Å²) in [5.74, 6) is 1.61. The Hall–Kier alpha value is -1.92. The summed E-state index contributed by atoms with van der Waals surface area (Å²) in [6.45, 7) is 7.04. The van der Waals surface area contributed by atoms with Gasteiger partial charge in [-0.1, -0.05) is 5.16 Å². The first-order valence-corrected chi connectivity index (χ1v) is 8.16. The maximum atomic E-state index is 5.45. The number of hydrogen-bond acceptors (Lipinski definition) is 6. The van der Waals surface area contributed by atoms with Crippen molar-refractivity contribution < 1.29 is 14.0 Å². The van der Waals surface area contributed by atoms with Gasteiger partial charge in [0.2, 0.25) is 0 Å². The highest BCUT2D eigenvalue weighted by Crippen LogP contribution is 2.29. The molecule has 1 atom stereocenters. The fourth-order valence-corrected chi connectivity index (χ4v) is 3.20. The average molecular weight is 315 g/mol. The SMILES string of the molecule is Cc1cc(-c2nc([C@H]3CCOC3)no2)ccc1N1CCOCC1. The van der Waals surface area contributed by atoms with Gasteiger partial charge in [-0.2, -0.15) is 4.98 Å². The summed E-state index contributed by atoms with van der Waals surface area (Å²) >= 11 is 0. The third kappa shape index (κ3) is 2.96. The second-order valence-corrected chi connectivity index (χ2v) is 6.12. The van der Waals surface area contributed by atoms with Crippen LogP contribution in [-0.2, 0) is 9.47 Å². The molecule has 0 amide bonds. The highest BCUT2D eigenvalue weighted by atomic mass is 16.5. The molecule has 0 N–H and O–H groups in total. The maximum absolute atomic E-state index is 5.45. The Morgan fingerprint density at radius 2 is 2.00 bits per heavy atom. The van der Waals surface area contributed by atoms with E-state index >= 15 is 0 Å². The lowest BCUT2D eigenvalue weighted by molar-refractivity contribution is 0.122. The Morgan fingerprint density at radius 1 is 1.13 bits per heavy atom. The zero-order chi connectivity index (χ0) is 15.6. The van der Waals surface area contributed by atoms with Crippen LogP contribution < -0.4 is 4.90 Å². The molecule has 2 aliphatic rings. The van der Waals surface area contributed by atoms with Crippen molar-refractivity contribution in [3.63, 3.8) is 0 Å². The highest BCUT2D eigenvalue weighted by molar-refractivity contribution is 5.63. The number of nitrogens with zero attached hydrogens (tertiary/aromatic N) is 3. The molecule has 2 aromatic rings. The standard InChI is InChI=1S/C17H21N3O3/c1-12-10-13(2-3-15(12)20-5-8-21-9-6-20)17-18-16(19-23-17)14-4-7-22-11-14/h2-3,10,14H,4-9,11H2,1H3/t14-/m0/s1. The van der Waals surface area contributed by atoms with Crippen LogP contribution in [-0.4, -0.2) is 49.7 Å². The van der Waals surface area contributed by atoms with Crippen LogP contribution in [0.2, 0.25) is 0 Å². The molecule has 6 nitrogen and oxygen atoms in total. The summed E-state index contributed by atoms with van der Waals surface area (Å²) in [7, 11) is 0. The predicted molar refractivity (Wildman–Crippen MR) is 85.7 cm³/mol. The Kier molecular flexibility index (Phi) is 4.01. The molecule has 1 aromatic heterocycles. The summed E-state index contributed by atoms with van der Waals surface area (Å²) in [5.41, 5.74) is 3.44. The smallest absolute Gasteiger partial charge is 0.257 e. The monoisotopic (exact) mass is 315 g/mol. The van der Waals surface area contributed by atoms with E-state index in [0.717, 1.165) is 50.7 Å². The number of benzene rings is 1. The van der Waals surface area contributed by atoms with E-state index in [1.54, 1.807) is 0 Å². The van der Waals surface area contributed by atoms with Gasteiger partial charge < -0.3 is 18.9 Å². The molecule has 0 aliphatic carbocycles. The van der Waals surface area contributed by atoms with Crippen LogP contribution in [0.5, 0.6) is 0 Å². The van der Waals surface area contributed by atoms with E-state index in [1.165, 1.54) is 11.3 Å². The lowest BCUT2D eigenvalue weighted by atomic mass is 10.1. The van der Waals surface area contributed by atoms with Crippen molar-refractivity contribution >= 4 is 5.69 Å². The van der Waals surface area contributed by atoms with Crippen molar-refractivity contribution in [3.05, 3.63) is 29.6 Å². The van der Waals surface area contributed by atoms with Crippen molar-refractivity contribution in [1.82, 2.24) is 10.1 Å². The third-order valence-corrected chi connectivity index (χ3v) is 4.53. The first-order chi connectivity index (χ1) is 11.3. The van der Waals surface area contributed by atoms with Gasteiger partial charge in [0.05, 0.1) is 19.8 Å². The Bertz CT molecular complexity index is 673. The van der Waals surface area contributed by atoms with Crippen LogP contribution in [0.3, 0.4) is 0 Å². The van der Waals surface area contributed by atoms with Gasteiger partial charge in [0.15, 0.2) is 5.82 Å². The minimum absolute atomic E-state index is 0.265. The number of ether oxygens (including phenoxy) is 2. The topological polar surface area (TPSA) is 60.6 Å². The Morgan fingerprint density at radius 3 is 2.74 bits per heavy atom. The normalized spacial score (nSPS) is 21.8. The molecule has 2 fully saturated rings. The van der Waals surface area contributed by atoms with Gasteiger partial charge in [0.1, 0.15) is 0 Å². The number of morpholine rings is 1.